The second kappa shape index (κ2) is 5.17. The van der Waals surface area contributed by atoms with Gasteiger partial charge in [-0.1, -0.05) is 0 Å². The van der Waals surface area contributed by atoms with Crippen LogP contribution in [0.4, 0.5) is 4.39 Å². The number of carboxylic acid groups (broad SMARTS) is 1. The number of hydrogen-bond donors (Lipinski definition) is 1. The molecule has 0 radical (unpaired) electrons. The second-order valence-electron chi connectivity index (χ2n) is 4.50. The molecule has 1 N–H and O–H groups in total. The highest BCUT2D eigenvalue weighted by atomic mass is 79.9. The molecule has 0 aliphatic carbocycles. The summed E-state index contributed by atoms with van der Waals surface area (Å²) in [6.07, 6.45) is 0. The summed E-state index contributed by atoms with van der Waals surface area (Å²) in [5, 5.41) is 9.20. The van der Waals surface area contributed by atoms with Crippen molar-refractivity contribution in [3.63, 3.8) is 0 Å². The molecule has 0 saturated carbocycles. The van der Waals surface area contributed by atoms with Crippen LogP contribution in [0.15, 0.2) is 34.8 Å². The molecule has 19 heavy (non-hydrogen) atoms. The fourth-order valence-corrected chi connectivity index (χ4v) is 2.65. The van der Waals surface area contributed by atoms with Crippen LogP contribution in [0.3, 0.4) is 0 Å². The molecule has 0 fully saturated rings. The van der Waals surface area contributed by atoms with E-state index in [0.717, 1.165) is 11.3 Å². The first-order chi connectivity index (χ1) is 8.91. The zero-order valence-electron chi connectivity index (χ0n) is 10.5. The minimum absolute atomic E-state index is 0.00643. The van der Waals surface area contributed by atoms with E-state index in [1.807, 2.05) is 13.8 Å². The lowest BCUT2D eigenvalue weighted by Crippen LogP contribution is -2.11. The second-order valence-corrected chi connectivity index (χ2v) is 5.35. The number of hydrogen-bond acceptors (Lipinski definition) is 1. The van der Waals surface area contributed by atoms with Gasteiger partial charge in [-0.05, 0) is 60.1 Å². The first-order valence-electron chi connectivity index (χ1n) is 5.81. The molecule has 5 heteroatoms. The third-order valence-electron chi connectivity index (χ3n) is 2.86. The Bertz CT molecular complexity index is 634. The highest BCUT2D eigenvalue weighted by Crippen LogP contribution is 2.32. The van der Waals surface area contributed by atoms with Gasteiger partial charge in [0.25, 0.3) is 0 Å². The summed E-state index contributed by atoms with van der Waals surface area (Å²) in [6, 6.07) is 7.66. The summed E-state index contributed by atoms with van der Waals surface area (Å²) in [6.45, 7) is 3.82. The van der Waals surface area contributed by atoms with Crippen LogP contribution in [-0.2, 0) is 0 Å². The van der Waals surface area contributed by atoms with Crippen LogP contribution in [0.1, 0.15) is 30.4 Å². The minimum atomic E-state index is -0.974. The number of aromatic carboxylic acids is 1. The van der Waals surface area contributed by atoms with Gasteiger partial charge < -0.3 is 9.67 Å². The average Bonchev–Trinajstić information content (AvgIpc) is 2.73. The van der Waals surface area contributed by atoms with Crippen molar-refractivity contribution in [2.45, 2.75) is 19.9 Å². The smallest absolute Gasteiger partial charge is 0.352 e. The van der Waals surface area contributed by atoms with E-state index in [4.69, 9.17) is 0 Å². The largest absolute Gasteiger partial charge is 0.477 e. The Morgan fingerprint density at radius 1 is 1.32 bits per heavy atom. The predicted molar refractivity (Wildman–Crippen MR) is 74.9 cm³/mol. The van der Waals surface area contributed by atoms with Crippen molar-refractivity contribution in [2.24, 2.45) is 0 Å². The number of benzene rings is 1. The predicted octanol–water partition coefficient (Wildman–Crippen LogP) is 4.34. The normalized spacial score (nSPS) is 11.0. The van der Waals surface area contributed by atoms with Crippen molar-refractivity contribution in [3.05, 3.63) is 46.3 Å². The van der Waals surface area contributed by atoms with Crippen LogP contribution in [0.2, 0.25) is 0 Å². The SMILES string of the molecule is CC(C)n1c(C(=O)O)ccc1-c1ccc(F)cc1Br. The molecule has 0 saturated heterocycles. The van der Waals surface area contributed by atoms with E-state index in [1.165, 1.54) is 12.1 Å². The summed E-state index contributed by atoms with van der Waals surface area (Å²) in [5.41, 5.74) is 1.74. The lowest BCUT2D eigenvalue weighted by molar-refractivity contribution is 0.0683. The zero-order chi connectivity index (χ0) is 14.2. The molecule has 1 heterocycles. The van der Waals surface area contributed by atoms with Gasteiger partial charge in [-0.25, -0.2) is 9.18 Å². The van der Waals surface area contributed by atoms with Gasteiger partial charge in [-0.15, -0.1) is 0 Å². The fourth-order valence-electron chi connectivity index (χ4n) is 2.10. The Morgan fingerprint density at radius 3 is 2.53 bits per heavy atom. The summed E-state index contributed by atoms with van der Waals surface area (Å²) >= 11 is 3.31. The van der Waals surface area contributed by atoms with Crippen LogP contribution < -0.4 is 0 Å². The number of aromatic nitrogens is 1. The lowest BCUT2D eigenvalue weighted by atomic mass is 10.1. The van der Waals surface area contributed by atoms with E-state index in [1.54, 1.807) is 22.8 Å². The van der Waals surface area contributed by atoms with Gasteiger partial charge in [0.1, 0.15) is 11.5 Å². The first kappa shape index (κ1) is 13.8. The molecule has 0 unspecified atom stereocenters. The van der Waals surface area contributed by atoms with Crippen LogP contribution in [0.25, 0.3) is 11.3 Å². The Kier molecular flexibility index (Phi) is 3.75. The molecule has 1 aromatic carbocycles. The molecule has 0 aliphatic heterocycles. The maximum Gasteiger partial charge on any atom is 0.352 e. The summed E-state index contributed by atoms with van der Waals surface area (Å²) < 4.78 is 15.4. The summed E-state index contributed by atoms with van der Waals surface area (Å²) in [5.74, 6) is -1.31. The van der Waals surface area contributed by atoms with Gasteiger partial charge >= 0.3 is 5.97 Å². The van der Waals surface area contributed by atoms with Crippen molar-refractivity contribution < 1.29 is 14.3 Å². The van der Waals surface area contributed by atoms with Crippen molar-refractivity contribution in [1.82, 2.24) is 4.57 Å². The molecule has 100 valence electrons. The number of rotatable bonds is 3. The van der Waals surface area contributed by atoms with E-state index >= 15 is 0 Å². The number of nitrogens with zero attached hydrogens (tertiary/aromatic N) is 1. The minimum Gasteiger partial charge on any atom is -0.477 e. The highest BCUT2D eigenvalue weighted by molar-refractivity contribution is 9.10. The van der Waals surface area contributed by atoms with Crippen LogP contribution in [0, 0.1) is 5.82 Å². The molecule has 2 rings (SSSR count). The Hall–Kier alpha value is -1.62. The van der Waals surface area contributed by atoms with Crippen molar-refractivity contribution in [1.29, 1.82) is 0 Å². The molecule has 1 aromatic heterocycles. The monoisotopic (exact) mass is 325 g/mol. The van der Waals surface area contributed by atoms with E-state index in [-0.39, 0.29) is 17.6 Å². The maximum absolute atomic E-state index is 13.1. The van der Waals surface area contributed by atoms with Gasteiger partial charge in [-0.2, -0.15) is 0 Å². The van der Waals surface area contributed by atoms with Gasteiger partial charge in [0, 0.05) is 16.1 Å². The molecule has 0 atom stereocenters. The molecule has 0 spiro atoms. The Labute approximate surface area is 118 Å². The summed E-state index contributed by atoms with van der Waals surface area (Å²) in [7, 11) is 0. The number of halogens is 2. The highest BCUT2D eigenvalue weighted by Gasteiger charge is 2.18. The van der Waals surface area contributed by atoms with Gasteiger partial charge in [-0.3, -0.25) is 0 Å². The quantitative estimate of drug-likeness (QED) is 0.912. The van der Waals surface area contributed by atoms with Crippen LogP contribution in [0.5, 0.6) is 0 Å². The van der Waals surface area contributed by atoms with E-state index in [0.29, 0.717) is 4.47 Å². The van der Waals surface area contributed by atoms with Gasteiger partial charge in [0.05, 0.1) is 5.69 Å². The van der Waals surface area contributed by atoms with Crippen molar-refractivity contribution >= 4 is 21.9 Å². The third-order valence-corrected chi connectivity index (χ3v) is 3.52. The van der Waals surface area contributed by atoms with Gasteiger partial charge in [0.2, 0.25) is 0 Å². The maximum atomic E-state index is 13.1. The molecular weight excluding hydrogens is 313 g/mol. The van der Waals surface area contributed by atoms with Crippen LogP contribution in [-0.4, -0.2) is 15.6 Å². The number of carbonyl (C=O) groups is 1. The van der Waals surface area contributed by atoms with E-state index in [9.17, 15) is 14.3 Å². The molecule has 0 bridgehead atoms. The number of carboxylic acids is 1. The Balaban J connectivity index is 2.65. The van der Waals surface area contributed by atoms with Crippen LogP contribution >= 0.6 is 15.9 Å². The molecule has 0 amide bonds. The lowest BCUT2D eigenvalue weighted by Gasteiger charge is -2.16. The average molecular weight is 326 g/mol. The zero-order valence-corrected chi connectivity index (χ0v) is 12.1. The van der Waals surface area contributed by atoms with E-state index < -0.39 is 5.97 Å². The first-order valence-corrected chi connectivity index (χ1v) is 6.61. The van der Waals surface area contributed by atoms with E-state index in [2.05, 4.69) is 15.9 Å². The third kappa shape index (κ3) is 2.56. The standard InChI is InChI=1S/C14H13BrFNO2/c1-8(2)17-12(5-6-13(17)14(18)19)10-4-3-9(16)7-11(10)15/h3-8H,1-2H3,(H,18,19). The Morgan fingerprint density at radius 2 is 2.00 bits per heavy atom. The summed E-state index contributed by atoms with van der Waals surface area (Å²) in [4.78, 5) is 11.2. The fraction of sp³-hybridized carbons (Fsp3) is 0.214. The van der Waals surface area contributed by atoms with Gasteiger partial charge in [0.15, 0.2) is 0 Å². The molecule has 0 aliphatic rings. The van der Waals surface area contributed by atoms with Crippen molar-refractivity contribution in [2.75, 3.05) is 0 Å². The topological polar surface area (TPSA) is 42.2 Å². The molecule has 2 aromatic rings. The molecule has 3 nitrogen and oxygen atoms in total. The molecular formula is C14H13BrFNO2. The van der Waals surface area contributed by atoms with Crippen molar-refractivity contribution in [3.8, 4) is 11.3 Å².